The number of aryl methyl sites for hydroxylation is 1. The Hall–Kier alpha value is -3.46. The van der Waals surface area contributed by atoms with Gasteiger partial charge in [0.1, 0.15) is 11.6 Å². The average molecular weight is 422 g/mol. The normalized spacial score (nSPS) is 15.3. The van der Waals surface area contributed by atoms with E-state index >= 15 is 0 Å². The molecule has 4 rings (SSSR count). The van der Waals surface area contributed by atoms with Crippen molar-refractivity contribution in [2.24, 2.45) is 0 Å². The third kappa shape index (κ3) is 4.51. The van der Waals surface area contributed by atoms with E-state index in [1.807, 2.05) is 19.9 Å². The fourth-order valence-corrected chi connectivity index (χ4v) is 3.60. The topological polar surface area (TPSA) is 112 Å². The molecule has 1 amide bonds. The molecule has 9 heteroatoms. The van der Waals surface area contributed by atoms with Crippen molar-refractivity contribution < 1.29 is 15.7 Å². The van der Waals surface area contributed by atoms with Crippen LogP contribution in [0, 0.1) is 6.92 Å². The molecule has 1 N–H and O–H groups in total. The molecule has 3 aromatic heterocycles. The predicted octanol–water partition coefficient (Wildman–Crippen LogP) is 2.97. The van der Waals surface area contributed by atoms with Crippen molar-refractivity contribution in [3.63, 3.8) is 0 Å². The van der Waals surface area contributed by atoms with Gasteiger partial charge in [-0.25, -0.2) is 19.9 Å². The van der Waals surface area contributed by atoms with E-state index in [0.717, 1.165) is 5.56 Å². The lowest BCUT2D eigenvalue weighted by molar-refractivity contribution is -0.125. The van der Waals surface area contributed by atoms with Crippen molar-refractivity contribution in [1.82, 2.24) is 24.9 Å². The highest BCUT2D eigenvalue weighted by Crippen LogP contribution is 2.35. The third-order valence-corrected chi connectivity index (χ3v) is 5.25. The van der Waals surface area contributed by atoms with Gasteiger partial charge < -0.3 is 14.8 Å². The van der Waals surface area contributed by atoms with Crippen LogP contribution in [0.5, 0.6) is 5.88 Å². The number of anilines is 1. The minimum Gasteiger partial charge on any atom is -0.477 e. The van der Waals surface area contributed by atoms with Crippen LogP contribution in [0.2, 0.25) is 0 Å². The number of nitrogens with one attached hydrogen (secondary N) is 1. The minimum absolute atomic E-state index is 0. The van der Waals surface area contributed by atoms with Crippen LogP contribution >= 0.6 is 0 Å². The van der Waals surface area contributed by atoms with Crippen LogP contribution in [0.4, 0.5) is 5.82 Å². The first-order chi connectivity index (χ1) is 15.1. The Balaban J connectivity index is 0.00000289. The fraction of sp³-hybridized carbons (Fsp3) is 0.364. The number of hydrogen-bond acceptors (Lipinski definition) is 8. The zero-order chi connectivity index (χ0) is 21.7. The Kier molecular flexibility index (Phi) is 6.13. The second-order valence-corrected chi connectivity index (χ2v) is 7.25. The van der Waals surface area contributed by atoms with Crippen LogP contribution in [0.3, 0.4) is 0 Å². The van der Waals surface area contributed by atoms with E-state index in [1.165, 1.54) is 0 Å². The van der Waals surface area contributed by atoms with Crippen molar-refractivity contribution in [2.75, 3.05) is 25.1 Å². The molecule has 0 bridgehead atoms. The summed E-state index contributed by atoms with van der Waals surface area (Å²) in [6, 6.07) is 5.40. The molecule has 1 saturated heterocycles. The summed E-state index contributed by atoms with van der Waals surface area (Å²) in [4.78, 5) is 35.0. The molecule has 1 fully saturated rings. The van der Waals surface area contributed by atoms with Crippen LogP contribution < -0.4 is 10.1 Å². The van der Waals surface area contributed by atoms with Gasteiger partial charge in [0.25, 0.3) is 0 Å². The molecule has 3 aromatic rings. The summed E-state index contributed by atoms with van der Waals surface area (Å²) in [7, 11) is 0. The van der Waals surface area contributed by atoms with Gasteiger partial charge in [-0.2, -0.15) is 0 Å². The molecule has 0 radical (unpaired) electrons. The second kappa shape index (κ2) is 9.13. The quantitative estimate of drug-likeness (QED) is 0.645. The van der Waals surface area contributed by atoms with Crippen molar-refractivity contribution in [1.29, 1.82) is 0 Å². The average Bonchev–Trinajstić information content (AvgIpc) is 2.80. The Morgan fingerprint density at radius 3 is 2.71 bits per heavy atom. The first-order valence-electron chi connectivity index (χ1n) is 10.2. The summed E-state index contributed by atoms with van der Waals surface area (Å²) in [5.74, 6) is 1.40. The van der Waals surface area contributed by atoms with Gasteiger partial charge >= 0.3 is 0 Å². The highest BCUT2D eigenvalue weighted by molar-refractivity contribution is 5.98. The number of aromatic nitrogens is 5. The monoisotopic (exact) mass is 422 g/mol. The zero-order valence-electron chi connectivity index (χ0n) is 17.5. The lowest BCUT2D eigenvalue weighted by Gasteiger charge is -2.35. The van der Waals surface area contributed by atoms with Gasteiger partial charge in [-0.15, -0.1) is 0 Å². The van der Waals surface area contributed by atoms with E-state index in [-0.39, 0.29) is 7.33 Å². The Labute approximate surface area is 181 Å². The first-order valence-corrected chi connectivity index (χ1v) is 10.2. The van der Waals surface area contributed by atoms with Crippen molar-refractivity contribution >= 4 is 11.7 Å². The molecule has 1 aliphatic rings. The van der Waals surface area contributed by atoms with E-state index in [2.05, 4.69) is 30.2 Å². The summed E-state index contributed by atoms with van der Waals surface area (Å²) < 4.78 is 10.9. The highest BCUT2D eigenvalue weighted by atomic mass is 16.5. The number of carbonyl (C=O) groups excluding carboxylic acids is 1. The number of pyridine rings is 1. The molecule has 0 saturated carbocycles. The molecule has 4 heterocycles. The van der Waals surface area contributed by atoms with Crippen molar-refractivity contribution in [3.8, 4) is 17.1 Å². The van der Waals surface area contributed by atoms with Crippen LogP contribution in [0.25, 0.3) is 11.3 Å². The summed E-state index contributed by atoms with van der Waals surface area (Å²) in [5, 5.41) is 2.95. The molecule has 162 valence electrons. The molecule has 9 nitrogen and oxygen atoms in total. The van der Waals surface area contributed by atoms with Crippen molar-refractivity contribution in [3.05, 3.63) is 54.5 Å². The fourth-order valence-electron chi connectivity index (χ4n) is 3.60. The van der Waals surface area contributed by atoms with Gasteiger partial charge in [-0.1, -0.05) is 0 Å². The maximum atomic E-state index is 13.4. The summed E-state index contributed by atoms with van der Waals surface area (Å²) >= 11 is 0. The Morgan fingerprint density at radius 1 is 1.16 bits per heavy atom. The molecule has 0 aliphatic carbocycles. The molecule has 31 heavy (non-hydrogen) atoms. The number of ether oxygens (including phenoxy) is 2. The Morgan fingerprint density at radius 2 is 2.00 bits per heavy atom. The molecule has 1 aliphatic heterocycles. The molecule has 0 spiro atoms. The van der Waals surface area contributed by atoms with E-state index in [1.54, 1.807) is 36.9 Å². The highest BCUT2D eigenvalue weighted by Gasteiger charge is 2.43. The predicted molar refractivity (Wildman–Crippen MR) is 116 cm³/mol. The van der Waals surface area contributed by atoms with Crippen LogP contribution in [-0.4, -0.2) is 50.6 Å². The van der Waals surface area contributed by atoms with E-state index < -0.39 is 5.41 Å². The van der Waals surface area contributed by atoms with Crippen LogP contribution in [0.15, 0.2) is 43.0 Å². The smallest absolute Gasteiger partial charge is 0.237 e. The third-order valence-electron chi connectivity index (χ3n) is 5.25. The van der Waals surface area contributed by atoms with Crippen LogP contribution in [-0.2, 0) is 14.9 Å². The van der Waals surface area contributed by atoms with Gasteiger partial charge in [0.15, 0.2) is 0 Å². The van der Waals surface area contributed by atoms with E-state index in [9.17, 15) is 4.79 Å². The number of rotatable bonds is 6. The first kappa shape index (κ1) is 20.8. The molecular formula is C22H26N6O3. The maximum Gasteiger partial charge on any atom is 0.237 e. The van der Waals surface area contributed by atoms with Crippen molar-refractivity contribution in [2.45, 2.75) is 32.1 Å². The molecule has 0 aromatic carbocycles. The van der Waals surface area contributed by atoms with Gasteiger partial charge in [-0.3, -0.25) is 9.78 Å². The van der Waals surface area contributed by atoms with E-state index in [0.29, 0.717) is 61.6 Å². The minimum atomic E-state index is -0.774. The lowest BCUT2D eigenvalue weighted by atomic mass is 9.76. The SMILES string of the molecule is CCOc1cncc(-c2ccc(NC(=O)C3(c4ccnc(C)n4)CCOCC3)nc2)n1.[HH]. The van der Waals surface area contributed by atoms with Gasteiger partial charge in [-0.05, 0) is 44.9 Å². The van der Waals surface area contributed by atoms with Gasteiger partial charge in [0, 0.05) is 32.6 Å². The molecule has 0 atom stereocenters. The summed E-state index contributed by atoms with van der Waals surface area (Å²) in [5.41, 5.74) is 1.36. The van der Waals surface area contributed by atoms with Crippen LogP contribution in [0.1, 0.15) is 32.7 Å². The summed E-state index contributed by atoms with van der Waals surface area (Å²) in [6.45, 7) is 5.22. The maximum absolute atomic E-state index is 13.4. The van der Waals surface area contributed by atoms with Gasteiger partial charge in [0.05, 0.1) is 35.8 Å². The van der Waals surface area contributed by atoms with Gasteiger partial charge in [0.2, 0.25) is 11.8 Å². The zero-order valence-corrected chi connectivity index (χ0v) is 17.5. The second-order valence-electron chi connectivity index (χ2n) is 7.25. The number of hydrogen-bond donors (Lipinski definition) is 1. The molecule has 0 unspecified atom stereocenters. The lowest BCUT2D eigenvalue weighted by Crippen LogP contribution is -2.45. The number of carbonyl (C=O) groups is 1. The van der Waals surface area contributed by atoms with E-state index in [4.69, 9.17) is 9.47 Å². The largest absolute Gasteiger partial charge is 0.477 e. The summed E-state index contributed by atoms with van der Waals surface area (Å²) in [6.07, 6.45) is 7.65. The standard InChI is InChI=1S/C22H24N6O3.H2/c1-3-31-20-14-23-13-17(27-20)16-4-5-19(25-12-16)28-21(29)22(7-10-30-11-8-22)18-6-9-24-15(2)26-18;/h4-6,9,12-14H,3,7-8,10-11H2,1-2H3,(H,25,28,29);1H. The number of amides is 1. The number of nitrogens with zero attached hydrogens (tertiary/aromatic N) is 5. The Bertz CT molecular complexity index is 1060. The molecular weight excluding hydrogens is 396 g/mol.